The molecule has 9 heteroatoms. The number of aryl methyl sites for hydroxylation is 1. The second kappa shape index (κ2) is 15.1. The topological polar surface area (TPSA) is 106 Å². The molecule has 1 fully saturated rings. The number of anilines is 1. The first-order chi connectivity index (χ1) is 20.3. The normalized spacial score (nSPS) is 16.6. The number of pyridine rings is 3. The van der Waals surface area contributed by atoms with Gasteiger partial charge in [0, 0.05) is 35.1 Å². The quantitative estimate of drug-likeness (QED) is 0.242. The Hall–Kier alpha value is -3.53. The van der Waals surface area contributed by atoms with Gasteiger partial charge in [0.05, 0.1) is 41.4 Å². The Balaban J connectivity index is 0.000000748. The molecular weight excluding hydrogens is 544 g/mol. The monoisotopic (exact) mass is 586 g/mol. The molecule has 3 N–H and O–H groups in total. The van der Waals surface area contributed by atoms with E-state index in [1.54, 1.807) is 18.0 Å². The van der Waals surface area contributed by atoms with Crippen LogP contribution in [0.15, 0.2) is 65.7 Å². The summed E-state index contributed by atoms with van der Waals surface area (Å²) in [7, 11) is 0. The first kappa shape index (κ1) is 31.4. The summed E-state index contributed by atoms with van der Waals surface area (Å²) in [5.74, 6) is 0.812. The van der Waals surface area contributed by atoms with Crippen molar-refractivity contribution >= 4 is 34.4 Å². The highest BCUT2D eigenvalue weighted by Crippen LogP contribution is 2.25. The third-order valence-electron chi connectivity index (χ3n) is 7.03. The second-order valence-corrected chi connectivity index (χ2v) is 11.5. The molecule has 42 heavy (non-hydrogen) atoms. The van der Waals surface area contributed by atoms with Crippen LogP contribution < -0.4 is 16.0 Å². The van der Waals surface area contributed by atoms with E-state index in [1.165, 1.54) is 12.8 Å². The fourth-order valence-corrected chi connectivity index (χ4v) is 5.48. The number of nitrogens with two attached hydrogens (primary N) is 1. The Kier molecular flexibility index (Phi) is 11.3. The Labute approximate surface area is 253 Å². The third-order valence-corrected chi connectivity index (χ3v) is 7.91. The van der Waals surface area contributed by atoms with E-state index >= 15 is 0 Å². The highest BCUT2D eigenvalue weighted by molar-refractivity contribution is 7.98. The molecule has 0 aliphatic carbocycles. The van der Waals surface area contributed by atoms with Gasteiger partial charge in [0.2, 0.25) is 0 Å². The van der Waals surface area contributed by atoms with E-state index < -0.39 is 0 Å². The maximum atomic E-state index is 12.7. The van der Waals surface area contributed by atoms with E-state index in [0.29, 0.717) is 12.1 Å². The molecule has 1 aromatic carbocycles. The average Bonchev–Trinajstić information content (AvgIpc) is 3.00. The molecule has 0 radical (unpaired) electrons. The van der Waals surface area contributed by atoms with Gasteiger partial charge in [-0.15, -0.1) is 11.8 Å². The van der Waals surface area contributed by atoms with Gasteiger partial charge in [-0.2, -0.15) is 0 Å². The van der Waals surface area contributed by atoms with Gasteiger partial charge < -0.3 is 20.7 Å². The van der Waals surface area contributed by atoms with E-state index in [4.69, 9.17) is 20.4 Å². The van der Waals surface area contributed by atoms with Crippen LogP contribution in [-0.4, -0.2) is 59.0 Å². The molecule has 0 saturated carbocycles. The number of unbranched alkanes of at least 4 members (excludes halogenated alkanes) is 1. The summed E-state index contributed by atoms with van der Waals surface area (Å²) in [5.41, 5.74) is 10.1. The van der Waals surface area contributed by atoms with Gasteiger partial charge in [0.25, 0.3) is 5.91 Å². The lowest BCUT2D eigenvalue weighted by Crippen LogP contribution is -2.45. The summed E-state index contributed by atoms with van der Waals surface area (Å²) < 4.78 is 5.87. The number of hydrogen-bond acceptors (Lipinski definition) is 8. The number of fused-ring (bicyclic) bond motifs is 1. The van der Waals surface area contributed by atoms with Gasteiger partial charge in [0.15, 0.2) is 0 Å². The number of aromatic nitrogens is 3. The molecule has 1 aliphatic rings. The molecule has 1 amide bonds. The maximum Gasteiger partial charge on any atom is 0.251 e. The smallest absolute Gasteiger partial charge is 0.251 e. The van der Waals surface area contributed by atoms with E-state index in [9.17, 15) is 4.79 Å². The number of rotatable bonds is 8. The lowest BCUT2D eigenvalue weighted by Gasteiger charge is -2.36. The Morgan fingerprint density at radius 1 is 1.07 bits per heavy atom. The molecule has 3 aromatic heterocycles. The van der Waals surface area contributed by atoms with Crippen LogP contribution in [0.4, 0.5) is 5.82 Å². The number of nitrogens with zero attached hydrogens (tertiary/aromatic N) is 4. The second-order valence-electron chi connectivity index (χ2n) is 10.6. The lowest BCUT2D eigenvalue weighted by atomic mass is 10.1. The summed E-state index contributed by atoms with van der Waals surface area (Å²) in [6.45, 7) is 11.2. The van der Waals surface area contributed by atoms with Crippen molar-refractivity contribution < 1.29 is 9.53 Å². The molecular formula is C33H42N6O2S. The zero-order valence-electron chi connectivity index (χ0n) is 25.3. The van der Waals surface area contributed by atoms with Crippen molar-refractivity contribution in [2.45, 2.75) is 64.2 Å². The third kappa shape index (κ3) is 8.27. The molecule has 0 spiro atoms. The molecule has 1 aliphatic heterocycles. The number of hydrogen-bond donors (Lipinski definition) is 2. The Morgan fingerprint density at radius 3 is 2.52 bits per heavy atom. The molecule has 0 bridgehead atoms. The Morgan fingerprint density at radius 2 is 1.83 bits per heavy atom. The van der Waals surface area contributed by atoms with Crippen molar-refractivity contribution in [1.29, 1.82) is 0 Å². The molecule has 2 atom stereocenters. The van der Waals surface area contributed by atoms with Crippen LogP contribution in [0.1, 0.15) is 55.2 Å². The maximum absolute atomic E-state index is 12.7. The largest absolute Gasteiger partial charge is 0.372 e. The van der Waals surface area contributed by atoms with Gasteiger partial charge in [-0.3, -0.25) is 9.78 Å². The summed E-state index contributed by atoms with van der Waals surface area (Å²) in [6, 6.07) is 17.7. The van der Waals surface area contributed by atoms with Crippen molar-refractivity contribution in [3.63, 3.8) is 0 Å². The van der Waals surface area contributed by atoms with Gasteiger partial charge in [-0.1, -0.05) is 25.5 Å². The number of morpholine rings is 1. The zero-order valence-corrected chi connectivity index (χ0v) is 26.1. The number of amides is 1. The van der Waals surface area contributed by atoms with Crippen molar-refractivity contribution in [3.8, 4) is 11.4 Å². The van der Waals surface area contributed by atoms with Crippen molar-refractivity contribution in [1.82, 2.24) is 20.3 Å². The molecule has 1 saturated heterocycles. The zero-order chi connectivity index (χ0) is 30.1. The fourth-order valence-electron chi connectivity index (χ4n) is 4.84. The standard InChI is InChI=1S/C29H31N5O2S.C4H11N/c1-18-8-9-21(12-27(18)37-4)29(35)31-15-23-13-26-22(14-30-23)10-11-25(32-26)24-6-5-7-28(33-24)34-16-19(2)36-20(3)17-34;1-2-3-4-5/h5-14,19-20H,15-17H2,1-4H3,(H,31,35);2-5H2,1H3. The number of benzene rings is 1. The molecule has 222 valence electrons. The van der Waals surface area contributed by atoms with Gasteiger partial charge >= 0.3 is 0 Å². The average molecular weight is 587 g/mol. The molecule has 4 heterocycles. The summed E-state index contributed by atoms with van der Waals surface area (Å²) in [4.78, 5) is 30.4. The Bertz CT molecular complexity index is 1480. The minimum absolute atomic E-state index is 0.119. The van der Waals surface area contributed by atoms with E-state index in [-0.39, 0.29) is 18.1 Å². The SMILES string of the molecule is CCCCN.CSc1cc(C(=O)NCc2cc3nc(-c4cccc(N5CC(C)OC(C)C5)n4)ccc3cn2)ccc1C. The first-order valence-electron chi connectivity index (χ1n) is 14.6. The van der Waals surface area contributed by atoms with E-state index in [0.717, 1.165) is 63.9 Å². The predicted octanol–water partition coefficient (Wildman–Crippen LogP) is 6.01. The number of ether oxygens (including phenoxy) is 1. The highest BCUT2D eigenvalue weighted by atomic mass is 32.2. The number of nitrogens with one attached hydrogen (secondary N) is 1. The summed E-state index contributed by atoms with van der Waals surface area (Å²) in [6.07, 6.45) is 6.53. The summed E-state index contributed by atoms with van der Waals surface area (Å²) >= 11 is 1.64. The first-order valence-corrected chi connectivity index (χ1v) is 15.8. The molecule has 5 rings (SSSR count). The van der Waals surface area contributed by atoms with Crippen molar-refractivity contribution in [2.75, 3.05) is 30.8 Å². The van der Waals surface area contributed by atoms with Crippen LogP contribution in [0.25, 0.3) is 22.3 Å². The van der Waals surface area contributed by atoms with Crippen LogP contribution in [0.2, 0.25) is 0 Å². The van der Waals surface area contributed by atoms with Crippen LogP contribution >= 0.6 is 11.8 Å². The van der Waals surface area contributed by atoms with E-state index in [2.05, 4.69) is 36.0 Å². The predicted molar refractivity (Wildman–Crippen MR) is 173 cm³/mol. The number of carbonyl (C=O) groups is 1. The summed E-state index contributed by atoms with van der Waals surface area (Å²) in [5, 5.41) is 3.92. The van der Waals surface area contributed by atoms with Crippen molar-refractivity contribution in [3.05, 3.63) is 77.6 Å². The number of carbonyl (C=O) groups excluding carboxylic acids is 1. The van der Waals surface area contributed by atoms with Gasteiger partial charge in [-0.05, 0) is 88.0 Å². The van der Waals surface area contributed by atoms with Gasteiger partial charge in [0.1, 0.15) is 5.82 Å². The van der Waals surface area contributed by atoms with Crippen molar-refractivity contribution in [2.24, 2.45) is 5.73 Å². The minimum Gasteiger partial charge on any atom is -0.372 e. The lowest BCUT2D eigenvalue weighted by molar-refractivity contribution is -0.00545. The van der Waals surface area contributed by atoms with Crippen LogP contribution in [-0.2, 0) is 11.3 Å². The minimum atomic E-state index is -0.119. The van der Waals surface area contributed by atoms with Gasteiger partial charge in [-0.25, -0.2) is 9.97 Å². The van der Waals surface area contributed by atoms with Crippen LogP contribution in [0, 0.1) is 6.92 Å². The molecule has 2 unspecified atom stereocenters. The van der Waals surface area contributed by atoms with Crippen LogP contribution in [0.3, 0.4) is 0 Å². The van der Waals surface area contributed by atoms with Crippen LogP contribution in [0.5, 0.6) is 0 Å². The highest BCUT2D eigenvalue weighted by Gasteiger charge is 2.23. The molecule has 8 nitrogen and oxygen atoms in total. The fraction of sp³-hybridized carbons (Fsp3) is 0.394. The molecule has 4 aromatic rings. The number of thioether (sulfide) groups is 1. The van der Waals surface area contributed by atoms with E-state index in [1.807, 2.05) is 67.8 Å².